The lowest BCUT2D eigenvalue weighted by Gasteiger charge is -2.15. The van der Waals surface area contributed by atoms with Gasteiger partial charge in [0.05, 0.1) is 16.2 Å². The number of aromatic nitrogens is 2. The van der Waals surface area contributed by atoms with E-state index < -0.39 is 24.1 Å². The average Bonchev–Trinajstić information content (AvgIpc) is 2.53. The lowest BCUT2D eigenvalue weighted by Crippen LogP contribution is -2.29. The van der Waals surface area contributed by atoms with Crippen molar-refractivity contribution in [2.45, 2.75) is 12.7 Å². The molecule has 2 N–H and O–H groups in total. The zero-order valence-electron chi connectivity index (χ0n) is 12.7. The molecule has 0 spiro atoms. The third kappa shape index (κ3) is 3.47. The second-order valence-corrected chi connectivity index (χ2v) is 6.28. The Labute approximate surface area is 153 Å². The molecule has 2 aromatic heterocycles. The van der Waals surface area contributed by atoms with Crippen LogP contribution in [0.5, 0.6) is 0 Å². The average molecular weight is 406 g/mol. The van der Waals surface area contributed by atoms with E-state index in [0.717, 1.165) is 18.2 Å². The van der Waals surface area contributed by atoms with Crippen LogP contribution in [0.2, 0.25) is 10.2 Å². The Morgan fingerprint density at radius 1 is 1.12 bits per heavy atom. The predicted octanol–water partition coefficient (Wildman–Crippen LogP) is 4.65. The van der Waals surface area contributed by atoms with Crippen LogP contribution in [0.3, 0.4) is 0 Å². The van der Waals surface area contributed by atoms with Gasteiger partial charge in [0, 0.05) is 22.7 Å². The van der Waals surface area contributed by atoms with Crippen molar-refractivity contribution in [3.05, 3.63) is 56.8 Å². The highest BCUT2D eigenvalue weighted by Crippen LogP contribution is 2.32. The van der Waals surface area contributed by atoms with Crippen LogP contribution in [-0.4, -0.2) is 15.7 Å². The van der Waals surface area contributed by atoms with Gasteiger partial charge in [-0.05, 0) is 24.3 Å². The number of hydrogen-bond donors (Lipinski definition) is 1. The van der Waals surface area contributed by atoms with Crippen LogP contribution in [0.4, 0.5) is 23.2 Å². The highest BCUT2D eigenvalue weighted by molar-refractivity contribution is 6.33. The SMILES string of the molecule is Nc1cc(-c2cc3cnc(Cl)cc3n(CC(F)(F)F)c2=O)c(Cl)cc1F. The fraction of sp³-hybridized carbons (Fsp3) is 0.125. The molecule has 0 aliphatic heterocycles. The second-order valence-electron chi connectivity index (χ2n) is 5.48. The zero-order valence-corrected chi connectivity index (χ0v) is 14.3. The summed E-state index contributed by atoms with van der Waals surface area (Å²) in [7, 11) is 0. The molecule has 0 bridgehead atoms. The molecule has 0 saturated carbocycles. The Morgan fingerprint density at radius 3 is 2.46 bits per heavy atom. The summed E-state index contributed by atoms with van der Waals surface area (Å²) < 4.78 is 53.0. The molecule has 0 radical (unpaired) electrons. The van der Waals surface area contributed by atoms with Gasteiger partial charge >= 0.3 is 6.18 Å². The number of nitrogens with two attached hydrogens (primary N) is 1. The molecule has 0 fully saturated rings. The van der Waals surface area contributed by atoms with E-state index in [9.17, 15) is 22.4 Å². The minimum atomic E-state index is -4.66. The van der Waals surface area contributed by atoms with Gasteiger partial charge in [-0.15, -0.1) is 0 Å². The van der Waals surface area contributed by atoms with Gasteiger partial charge in [-0.25, -0.2) is 9.37 Å². The van der Waals surface area contributed by atoms with Crippen molar-refractivity contribution >= 4 is 39.8 Å². The monoisotopic (exact) mass is 405 g/mol. The van der Waals surface area contributed by atoms with E-state index >= 15 is 0 Å². The quantitative estimate of drug-likeness (QED) is 0.383. The topological polar surface area (TPSA) is 60.9 Å². The van der Waals surface area contributed by atoms with Gasteiger partial charge in [-0.3, -0.25) is 9.36 Å². The molecule has 1 aromatic carbocycles. The fourth-order valence-electron chi connectivity index (χ4n) is 2.55. The number of nitrogens with zero attached hydrogens (tertiary/aromatic N) is 2. The number of nitrogen functional groups attached to an aromatic ring is 1. The van der Waals surface area contributed by atoms with Crippen molar-refractivity contribution < 1.29 is 17.6 Å². The van der Waals surface area contributed by atoms with Crippen LogP contribution in [0, 0.1) is 5.82 Å². The normalized spacial score (nSPS) is 11.9. The van der Waals surface area contributed by atoms with E-state index in [-0.39, 0.29) is 37.9 Å². The number of rotatable bonds is 2. The van der Waals surface area contributed by atoms with Crippen molar-refractivity contribution in [1.29, 1.82) is 0 Å². The summed E-state index contributed by atoms with van der Waals surface area (Å²) in [5.41, 5.74) is 4.05. The van der Waals surface area contributed by atoms with Crippen molar-refractivity contribution in [1.82, 2.24) is 9.55 Å². The summed E-state index contributed by atoms with van der Waals surface area (Å²) in [6.07, 6.45) is -3.43. The third-order valence-electron chi connectivity index (χ3n) is 3.66. The maximum absolute atomic E-state index is 13.5. The molecule has 136 valence electrons. The van der Waals surface area contributed by atoms with Gasteiger partial charge in [0.2, 0.25) is 0 Å². The number of hydrogen-bond acceptors (Lipinski definition) is 3. The summed E-state index contributed by atoms with van der Waals surface area (Å²) in [4.78, 5) is 16.5. The van der Waals surface area contributed by atoms with Gasteiger partial charge in [-0.2, -0.15) is 13.2 Å². The van der Waals surface area contributed by atoms with Crippen LogP contribution in [-0.2, 0) is 6.54 Å². The molecule has 3 aromatic rings. The van der Waals surface area contributed by atoms with Crippen molar-refractivity contribution in [2.75, 3.05) is 5.73 Å². The lowest BCUT2D eigenvalue weighted by atomic mass is 10.0. The van der Waals surface area contributed by atoms with Crippen LogP contribution in [0.1, 0.15) is 0 Å². The van der Waals surface area contributed by atoms with E-state index in [2.05, 4.69) is 4.98 Å². The van der Waals surface area contributed by atoms with Crippen molar-refractivity contribution in [2.24, 2.45) is 0 Å². The van der Waals surface area contributed by atoms with Crippen molar-refractivity contribution in [3.63, 3.8) is 0 Å². The van der Waals surface area contributed by atoms with Gasteiger partial charge < -0.3 is 5.73 Å². The number of pyridine rings is 2. The van der Waals surface area contributed by atoms with Gasteiger partial charge in [0.25, 0.3) is 5.56 Å². The Bertz CT molecular complexity index is 1080. The fourth-order valence-corrected chi connectivity index (χ4v) is 2.95. The molecule has 0 saturated heterocycles. The lowest BCUT2D eigenvalue weighted by molar-refractivity contribution is -0.140. The van der Waals surface area contributed by atoms with Crippen molar-refractivity contribution in [3.8, 4) is 11.1 Å². The molecule has 10 heteroatoms. The molecule has 2 heterocycles. The molecule has 4 nitrogen and oxygen atoms in total. The number of alkyl halides is 3. The first-order valence-corrected chi connectivity index (χ1v) is 7.83. The Balaban J connectivity index is 2.38. The minimum absolute atomic E-state index is 0.0170. The summed E-state index contributed by atoms with van der Waals surface area (Å²) >= 11 is 11.7. The number of halogens is 6. The maximum Gasteiger partial charge on any atom is 0.406 e. The van der Waals surface area contributed by atoms with E-state index in [4.69, 9.17) is 28.9 Å². The molecule has 26 heavy (non-hydrogen) atoms. The number of fused-ring (bicyclic) bond motifs is 1. The molecule has 0 aliphatic carbocycles. The predicted molar refractivity (Wildman–Crippen MR) is 91.9 cm³/mol. The van der Waals surface area contributed by atoms with Gasteiger partial charge in [0.15, 0.2) is 0 Å². The van der Waals surface area contributed by atoms with E-state index in [1.807, 2.05) is 0 Å². The van der Waals surface area contributed by atoms with E-state index in [1.165, 1.54) is 12.3 Å². The summed E-state index contributed by atoms with van der Waals surface area (Å²) in [6, 6.07) is 4.46. The van der Waals surface area contributed by atoms with Crippen LogP contribution in [0.15, 0.2) is 35.3 Å². The molecule has 0 atom stereocenters. The van der Waals surface area contributed by atoms with Gasteiger partial charge in [-0.1, -0.05) is 23.2 Å². The number of anilines is 1. The maximum atomic E-state index is 13.5. The molecule has 0 amide bonds. The molecular weight excluding hydrogens is 397 g/mol. The Hall–Kier alpha value is -2.32. The first-order chi connectivity index (χ1) is 12.1. The Kier molecular flexibility index (Phi) is 4.58. The summed E-state index contributed by atoms with van der Waals surface area (Å²) in [5.74, 6) is -0.802. The van der Waals surface area contributed by atoms with Crippen LogP contribution >= 0.6 is 23.2 Å². The first kappa shape index (κ1) is 18.5. The third-order valence-corrected chi connectivity index (χ3v) is 4.18. The molecule has 3 rings (SSSR count). The van der Waals surface area contributed by atoms with Crippen LogP contribution in [0.25, 0.3) is 22.0 Å². The molecule has 0 unspecified atom stereocenters. The highest BCUT2D eigenvalue weighted by Gasteiger charge is 2.30. The Morgan fingerprint density at radius 2 is 1.81 bits per heavy atom. The van der Waals surface area contributed by atoms with Gasteiger partial charge in [0.1, 0.15) is 17.5 Å². The second kappa shape index (κ2) is 6.44. The first-order valence-electron chi connectivity index (χ1n) is 7.07. The standard InChI is InChI=1S/C16H9Cl2F4N3O/c17-10-3-11(19)12(23)2-8(10)9-1-7-5-24-14(18)4-13(7)25(15(9)26)6-16(20,21)22/h1-5H,6,23H2. The summed E-state index contributed by atoms with van der Waals surface area (Å²) in [6.45, 7) is -1.54. The van der Waals surface area contributed by atoms with E-state index in [1.54, 1.807) is 0 Å². The highest BCUT2D eigenvalue weighted by atomic mass is 35.5. The smallest absolute Gasteiger partial charge is 0.396 e. The van der Waals surface area contributed by atoms with E-state index in [0.29, 0.717) is 4.57 Å². The zero-order chi connectivity index (χ0) is 19.2. The largest absolute Gasteiger partial charge is 0.406 e. The number of benzene rings is 1. The van der Waals surface area contributed by atoms with Crippen LogP contribution < -0.4 is 11.3 Å². The molecule has 0 aliphatic rings. The minimum Gasteiger partial charge on any atom is -0.396 e. The molecular formula is C16H9Cl2F4N3O. The summed E-state index contributed by atoms with van der Waals surface area (Å²) in [5, 5.41) is 0.00507.